The molecule has 0 radical (unpaired) electrons. The monoisotopic (exact) mass is 144 g/mol. The molecule has 1 aliphatic heterocycles. The van der Waals surface area contributed by atoms with E-state index < -0.39 is 0 Å². The van der Waals surface area contributed by atoms with Crippen molar-refractivity contribution < 1.29 is 14.3 Å². The summed E-state index contributed by atoms with van der Waals surface area (Å²) in [7, 11) is 1.42. The van der Waals surface area contributed by atoms with E-state index in [0.29, 0.717) is 12.3 Å². The van der Waals surface area contributed by atoms with Crippen LogP contribution >= 0.6 is 0 Å². The van der Waals surface area contributed by atoms with Crippen LogP contribution in [0.1, 0.15) is 12.8 Å². The van der Waals surface area contributed by atoms with Crippen molar-refractivity contribution >= 4 is 5.97 Å². The Balaban J connectivity index is 1.98. The Morgan fingerprint density at radius 2 is 2.40 bits per heavy atom. The zero-order chi connectivity index (χ0) is 7.40. The van der Waals surface area contributed by atoms with Crippen LogP contribution in [0, 0.1) is 5.92 Å². The molecular formula is C7H12O3. The Morgan fingerprint density at radius 1 is 1.70 bits per heavy atom. The molecule has 0 aromatic carbocycles. The molecule has 1 rings (SSSR count). The first kappa shape index (κ1) is 7.54. The first-order valence-corrected chi connectivity index (χ1v) is 3.47. The minimum absolute atomic E-state index is 0.119. The van der Waals surface area contributed by atoms with Crippen molar-refractivity contribution in [1.29, 1.82) is 0 Å². The molecule has 10 heavy (non-hydrogen) atoms. The van der Waals surface area contributed by atoms with Gasteiger partial charge in [0.1, 0.15) is 0 Å². The van der Waals surface area contributed by atoms with Gasteiger partial charge in [0.05, 0.1) is 20.3 Å². The van der Waals surface area contributed by atoms with E-state index in [1.165, 1.54) is 7.11 Å². The van der Waals surface area contributed by atoms with Gasteiger partial charge in [-0.2, -0.15) is 0 Å². The lowest BCUT2D eigenvalue weighted by molar-refractivity contribution is -0.141. The molecule has 0 amide bonds. The SMILES string of the molecule is COC(=O)CCC1COC1. The fourth-order valence-corrected chi connectivity index (χ4v) is 0.875. The smallest absolute Gasteiger partial charge is 0.305 e. The van der Waals surface area contributed by atoms with Crippen molar-refractivity contribution in [3.8, 4) is 0 Å². The molecule has 1 fully saturated rings. The molecule has 1 heterocycles. The van der Waals surface area contributed by atoms with Crippen LogP contribution in [0.25, 0.3) is 0 Å². The van der Waals surface area contributed by atoms with E-state index in [9.17, 15) is 4.79 Å². The van der Waals surface area contributed by atoms with Crippen molar-refractivity contribution in [2.45, 2.75) is 12.8 Å². The highest BCUT2D eigenvalue weighted by atomic mass is 16.5. The molecular weight excluding hydrogens is 132 g/mol. The highest BCUT2D eigenvalue weighted by molar-refractivity contribution is 5.69. The molecule has 58 valence electrons. The number of carbonyl (C=O) groups excluding carboxylic acids is 1. The van der Waals surface area contributed by atoms with Gasteiger partial charge in [0.25, 0.3) is 0 Å². The van der Waals surface area contributed by atoms with Crippen molar-refractivity contribution in [2.24, 2.45) is 5.92 Å². The molecule has 0 bridgehead atoms. The molecule has 0 spiro atoms. The molecule has 1 saturated heterocycles. The first-order valence-electron chi connectivity index (χ1n) is 3.47. The summed E-state index contributed by atoms with van der Waals surface area (Å²) in [6.45, 7) is 1.63. The second-order valence-electron chi connectivity index (χ2n) is 2.52. The van der Waals surface area contributed by atoms with Crippen LogP contribution in [0.15, 0.2) is 0 Å². The van der Waals surface area contributed by atoms with Gasteiger partial charge in [-0.1, -0.05) is 0 Å². The fraction of sp³-hybridized carbons (Fsp3) is 0.857. The molecule has 0 unspecified atom stereocenters. The second kappa shape index (κ2) is 3.56. The van der Waals surface area contributed by atoms with Gasteiger partial charge in [-0.25, -0.2) is 0 Å². The predicted molar refractivity (Wildman–Crippen MR) is 35.6 cm³/mol. The van der Waals surface area contributed by atoms with Crippen molar-refractivity contribution in [3.63, 3.8) is 0 Å². The zero-order valence-electron chi connectivity index (χ0n) is 6.13. The molecule has 1 aliphatic rings. The minimum Gasteiger partial charge on any atom is -0.469 e. The van der Waals surface area contributed by atoms with Gasteiger partial charge in [0.15, 0.2) is 0 Å². The molecule has 0 aromatic heterocycles. The maximum Gasteiger partial charge on any atom is 0.305 e. The molecule has 0 saturated carbocycles. The standard InChI is InChI=1S/C7H12O3/c1-9-7(8)3-2-6-4-10-5-6/h6H,2-5H2,1H3. The maximum atomic E-state index is 10.6. The van der Waals surface area contributed by atoms with Gasteiger partial charge < -0.3 is 9.47 Å². The van der Waals surface area contributed by atoms with Gasteiger partial charge in [-0.3, -0.25) is 4.79 Å². The average Bonchev–Trinajstić information content (AvgIpc) is 1.84. The molecule has 3 nitrogen and oxygen atoms in total. The Morgan fingerprint density at radius 3 is 2.80 bits per heavy atom. The number of ether oxygens (including phenoxy) is 2. The topological polar surface area (TPSA) is 35.5 Å². The van der Waals surface area contributed by atoms with E-state index >= 15 is 0 Å². The van der Waals surface area contributed by atoms with E-state index in [4.69, 9.17) is 4.74 Å². The van der Waals surface area contributed by atoms with E-state index in [-0.39, 0.29) is 5.97 Å². The number of hydrogen-bond acceptors (Lipinski definition) is 3. The summed E-state index contributed by atoms with van der Waals surface area (Å²) >= 11 is 0. The van der Waals surface area contributed by atoms with Crippen LogP contribution in [-0.2, 0) is 14.3 Å². The van der Waals surface area contributed by atoms with Crippen LogP contribution in [0.5, 0.6) is 0 Å². The lowest BCUT2D eigenvalue weighted by Gasteiger charge is -2.25. The third kappa shape index (κ3) is 1.99. The number of methoxy groups -OCH3 is 1. The molecule has 0 aromatic rings. The highest BCUT2D eigenvalue weighted by Crippen LogP contribution is 2.15. The summed E-state index contributed by atoms with van der Waals surface area (Å²) in [6.07, 6.45) is 1.44. The van der Waals surface area contributed by atoms with Crippen LogP contribution in [0.2, 0.25) is 0 Å². The van der Waals surface area contributed by atoms with Gasteiger partial charge in [-0.15, -0.1) is 0 Å². The van der Waals surface area contributed by atoms with Gasteiger partial charge in [-0.05, 0) is 6.42 Å². The second-order valence-corrected chi connectivity index (χ2v) is 2.52. The van der Waals surface area contributed by atoms with E-state index in [2.05, 4.69) is 4.74 Å². The minimum atomic E-state index is -0.119. The summed E-state index contributed by atoms with van der Waals surface area (Å²) in [6, 6.07) is 0. The van der Waals surface area contributed by atoms with Gasteiger partial charge in [0.2, 0.25) is 0 Å². The lowest BCUT2D eigenvalue weighted by atomic mass is 10.0. The fourth-order valence-electron chi connectivity index (χ4n) is 0.875. The van der Waals surface area contributed by atoms with Gasteiger partial charge in [0, 0.05) is 12.3 Å². The summed E-state index contributed by atoms with van der Waals surface area (Å²) in [5.74, 6) is 0.478. The number of rotatable bonds is 3. The third-order valence-corrected chi connectivity index (χ3v) is 1.69. The van der Waals surface area contributed by atoms with E-state index in [1.54, 1.807) is 0 Å². The van der Waals surface area contributed by atoms with Crippen LogP contribution < -0.4 is 0 Å². The van der Waals surface area contributed by atoms with E-state index in [0.717, 1.165) is 19.6 Å². The molecule has 3 heteroatoms. The van der Waals surface area contributed by atoms with Crippen molar-refractivity contribution in [2.75, 3.05) is 20.3 Å². The molecule has 0 N–H and O–H groups in total. The Bertz CT molecular complexity index is 118. The van der Waals surface area contributed by atoms with Crippen LogP contribution in [-0.4, -0.2) is 26.3 Å². The van der Waals surface area contributed by atoms with Gasteiger partial charge >= 0.3 is 5.97 Å². The maximum absolute atomic E-state index is 10.6. The Kier molecular flexibility index (Phi) is 2.68. The number of carbonyl (C=O) groups is 1. The average molecular weight is 144 g/mol. The summed E-state index contributed by atoms with van der Waals surface area (Å²) in [5, 5.41) is 0. The number of hydrogen-bond donors (Lipinski definition) is 0. The predicted octanol–water partition coefficient (Wildman–Crippen LogP) is 0.586. The summed E-state index contributed by atoms with van der Waals surface area (Å²) in [4.78, 5) is 10.6. The quantitative estimate of drug-likeness (QED) is 0.544. The van der Waals surface area contributed by atoms with Crippen molar-refractivity contribution in [3.05, 3.63) is 0 Å². The Hall–Kier alpha value is -0.570. The first-order chi connectivity index (χ1) is 4.83. The Labute approximate surface area is 60.3 Å². The molecule has 0 aliphatic carbocycles. The normalized spacial score (nSPS) is 18.1. The lowest BCUT2D eigenvalue weighted by Crippen LogP contribution is -2.27. The summed E-state index contributed by atoms with van der Waals surface area (Å²) in [5.41, 5.74) is 0. The largest absolute Gasteiger partial charge is 0.469 e. The number of esters is 1. The highest BCUT2D eigenvalue weighted by Gasteiger charge is 2.18. The van der Waals surface area contributed by atoms with Crippen molar-refractivity contribution in [1.82, 2.24) is 0 Å². The molecule has 0 atom stereocenters. The third-order valence-electron chi connectivity index (χ3n) is 1.69. The summed E-state index contributed by atoms with van der Waals surface area (Å²) < 4.78 is 9.44. The van der Waals surface area contributed by atoms with E-state index in [1.807, 2.05) is 0 Å². The van der Waals surface area contributed by atoms with Crippen LogP contribution in [0.4, 0.5) is 0 Å². The van der Waals surface area contributed by atoms with Crippen LogP contribution in [0.3, 0.4) is 0 Å². The zero-order valence-corrected chi connectivity index (χ0v) is 6.13.